The molecule has 4 atom stereocenters. The monoisotopic (exact) mass is 218 g/mol. The number of rotatable bonds is 7. The standard InChI is InChI=1S/C11H22O4/c1-7(12)5-9(3)15-10(4)11(14)6-8(2)13/h7,9-12,14H,5-6H2,1-4H3. The molecule has 0 aromatic rings. The quantitative estimate of drug-likeness (QED) is 0.666. The topological polar surface area (TPSA) is 66.8 Å². The van der Waals surface area contributed by atoms with E-state index in [0.29, 0.717) is 6.42 Å². The highest BCUT2D eigenvalue weighted by atomic mass is 16.5. The number of Topliss-reactive ketones (excluding diaryl/α,β-unsaturated/α-hetero) is 1. The third-order valence-corrected chi connectivity index (χ3v) is 2.16. The molecule has 0 saturated carbocycles. The highest BCUT2D eigenvalue weighted by Gasteiger charge is 2.19. The number of hydrogen-bond acceptors (Lipinski definition) is 4. The summed E-state index contributed by atoms with van der Waals surface area (Å²) in [6.07, 6.45) is -1.06. The van der Waals surface area contributed by atoms with Gasteiger partial charge in [0, 0.05) is 6.42 Å². The van der Waals surface area contributed by atoms with Crippen molar-refractivity contribution in [3.05, 3.63) is 0 Å². The van der Waals surface area contributed by atoms with Gasteiger partial charge in [0.05, 0.1) is 24.4 Å². The van der Waals surface area contributed by atoms with Gasteiger partial charge in [-0.1, -0.05) is 0 Å². The number of carbonyl (C=O) groups is 1. The number of ketones is 1. The summed E-state index contributed by atoms with van der Waals surface area (Å²) in [6.45, 7) is 6.70. The molecule has 0 aliphatic rings. The fourth-order valence-corrected chi connectivity index (χ4v) is 1.45. The van der Waals surface area contributed by atoms with Crippen LogP contribution in [0.25, 0.3) is 0 Å². The normalized spacial score (nSPS) is 19.3. The van der Waals surface area contributed by atoms with Crippen LogP contribution in [0.2, 0.25) is 0 Å². The molecule has 0 radical (unpaired) electrons. The molecule has 4 heteroatoms. The highest BCUT2D eigenvalue weighted by Crippen LogP contribution is 2.10. The lowest BCUT2D eigenvalue weighted by Crippen LogP contribution is -2.32. The van der Waals surface area contributed by atoms with E-state index in [1.54, 1.807) is 13.8 Å². The lowest BCUT2D eigenvalue weighted by Gasteiger charge is -2.23. The zero-order valence-corrected chi connectivity index (χ0v) is 9.93. The Bertz CT molecular complexity index is 191. The van der Waals surface area contributed by atoms with Gasteiger partial charge in [0.15, 0.2) is 0 Å². The van der Waals surface area contributed by atoms with Crippen molar-refractivity contribution in [3.8, 4) is 0 Å². The summed E-state index contributed by atoms with van der Waals surface area (Å²) in [5, 5.41) is 18.7. The van der Waals surface area contributed by atoms with Crippen LogP contribution in [0.4, 0.5) is 0 Å². The predicted octanol–water partition coefficient (Wildman–Crippen LogP) is 0.891. The Balaban J connectivity index is 3.89. The molecule has 0 fully saturated rings. The maximum absolute atomic E-state index is 10.8. The maximum Gasteiger partial charge on any atom is 0.132 e. The molecule has 4 unspecified atom stereocenters. The molecule has 2 N–H and O–H groups in total. The second-order valence-corrected chi connectivity index (χ2v) is 4.21. The highest BCUT2D eigenvalue weighted by molar-refractivity contribution is 5.76. The van der Waals surface area contributed by atoms with E-state index in [4.69, 9.17) is 9.84 Å². The molecule has 0 aliphatic heterocycles. The second kappa shape index (κ2) is 6.93. The summed E-state index contributed by atoms with van der Waals surface area (Å²) >= 11 is 0. The summed E-state index contributed by atoms with van der Waals surface area (Å²) in [4.78, 5) is 10.8. The molecule has 0 amide bonds. The molecular weight excluding hydrogens is 196 g/mol. The van der Waals surface area contributed by atoms with Crippen LogP contribution < -0.4 is 0 Å². The minimum atomic E-state index is -0.765. The minimum Gasteiger partial charge on any atom is -0.393 e. The third kappa shape index (κ3) is 7.48. The van der Waals surface area contributed by atoms with Crippen molar-refractivity contribution in [2.45, 2.75) is 65.0 Å². The fourth-order valence-electron chi connectivity index (χ4n) is 1.45. The molecule has 0 aromatic carbocycles. The third-order valence-electron chi connectivity index (χ3n) is 2.16. The smallest absolute Gasteiger partial charge is 0.132 e. The van der Waals surface area contributed by atoms with Crippen LogP contribution >= 0.6 is 0 Å². The Labute approximate surface area is 91.3 Å². The number of ether oxygens (including phenoxy) is 1. The zero-order valence-electron chi connectivity index (χ0n) is 9.93. The Morgan fingerprint density at radius 3 is 2.20 bits per heavy atom. The largest absolute Gasteiger partial charge is 0.393 e. The van der Waals surface area contributed by atoms with E-state index in [1.165, 1.54) is 6.92 Å². The van der Waals surface area contributed by atoms with Crippen LogP contribution in [-0.4, -0.2) is 40.4 Å². The summed E-state index contributed by atoms with van der Waals surface area (Å²) in [7, 11) is 0. The lowest BCUT2D eigenvalue weighted by molar-refractivity contribution is -0.123. The van der Waals surface area contributed by atoms with Crippen LogP contribution in [-0.2, 0) is 9.53 Å². The fraction of sp³-hybridized carbons (Fsp3) is 0.909. The van der Waals surface area contributed by atoms with Gasteiger partial charge < -0.3 is 14.9 Å². The molecule has 15 heavy (non-hydrogen) atoms. The Kier molecular flexibility index (Phi) is 6.72. The van der Waals surface area contributed by atoms with Gasteiger partial charge in [0.2, 0.25) is 0 Å². The summed E-state index contributed by atoms with van der Waals surface area (Å²) < 4.78 is 5.46. The molecule has 4 nitrogen and oxygen atoms in total. The first kappa shape index (κ1) is 14.6. The van der Waals surface area contributed by atoms with Crippen molar-refractivity contribution in [2.75, 3.05) is 0 Å². The Morgan fingerprint density at radius 1 is 1.27 bits per heavy atom. The van der Waals surface area contributed by atoms with Gasteiger partial charge in [0.1, 0.15) is 5.78 Å². The minimum absolute atomic E-state index is 0.0545. The van der Waals surface area contributed by atoms with Crippen LogP contribution in [0.1, 0.15) is 40.5 Å². The Hall–Kier alpha value is -0.450. The predicted molar refractivity (Wildman–Crippen MR) is 57.6 cm³/mol. The van der Waals surface area contributed by atoms with Gasteiger partial charge >= 0.3 is 0 Å². The van der Waals surface area contributed by atoms with Crippen LogP contribution in [0.5, 0.6) is 0 Å². The molecule has 0 spiro atoms. The van der Waals surface area contributed by atoms with E-state index in [-0.39, 0.29) is 24.4 Å². The van der Waals surface area contributed by atoms with Gasteiger partial charge in [-0.3, -0.25) is 4.79 Å². The molecule has 90 valence electrons. The SMILES string of the molecule is CC(=O)CC(O)C(C)OC(C)CC(C)O. The molecular formula is C11H22O4. The lowest BCUT2D eigenvalue weighted by atomic mass is 10.1. The van der Waals surface area contributed by atoms with E-state index in [1.807, 2.05) is 6.92 Å². The second-order valence-electron chi connectivity index (χ2n) is 4.21. The van der Waals surface area contributed by atoms with Gasteiger partial charge in [-0.2, -0.15) is 0 Å². The summed E-state index contributed by atoms with van der Waals surface area (Å²) in [6, 6.07) is 0. The first-order chi connectivity index (χ1) is 6.82. The zero-order chi connectivity index (χ0) is 12.0. The van der Waals surface area contributed by atoms with E-state index >= 15 is 0 Å². The van der Waals surface area contributed by atoms with Crippen LogP contribution in [0, 0.1) is 0 Å². The van der Waals surface area contributed by atoms with Crippen molar-refractivity contribution in [2.24, 2.45) is 0 Å². The van der Waals surface area contributed by atoms with Crippen LogP contribution in [0.3, 0.4) is 0 Å². The van der Waals surface area contributed by atoms with Crippen molar-refractivity contribution < 1.29 is 19.7 Å². The van der Waals surface area contributed by atoms with E-state index in [2.05, 4.69) is 0 Å². The van der Waals surface area contributed by atoms with E-state index < -0.39 is 12.2 Å². The molecule has 0 bridgehead atoms. The van der Waals surface area contributed by atoms with Crippen molar-refractivity contribution in [1.82, 2.24) is 0 Å². The first-order valence-electron chi connectivity index (χ1n) is 5.34. The Morgan fingerprint density at radius 2 is 1.80 bits per heavy atom. The van der Waals surface area contributed by atoms with Gasteiger partial charge in [-0.15, -0.1) is 0 Å². The van der Waals surface area contributed by atoms with Crippen molar-refractivity contribution in [1.29, 1.82) is 0 Å². The molecule has 0 heterocycles. The molecule has 0 aliphatic carbocycles. The number of hydrogen-bond donors (Lipinski definition) is 2. The number of carbonyl (C=O) groups excluding carboxylic acids is 1. The first-order valence-corrected chi connectivity index (χ1v) is 5.34. The van der Waals surface area contributed by atoms with E-state index in [0.717, 1.165) is 0 Å². The average molecular weight is 218 g/mol. The molecule has 0 rings (SSSR count). The summed E-state index contributed by atoms with van der Waals surface area (Å²) in [5.41, 5.74) is 0. The number of aliphatic hydroxyl groups is 2. The van der Waals surface area contributed by atoms with E-state index in [9.17, 15) is 9.90 Å². The average Bonchev–Trinajstić information content (AvgIpc) is 2.00. The van der Waals surface area contributed by atoms with Gasteiger partial charge in [0.25, 0.3) is 0 Å². The van der Waals surface area contributed by atoms with Gasteiger partial charge in [-0.25, -0.2) is 0 Å². The van der Waals surface area contributed by atoms with Crippen molar-refractivity contribution in [3.63, 3.8) is 0 Å². The van der Waals surface area contributed by atoms with Crippen molar-refractivity contribution >= 4 is 5.78 Å². The molecule has 0 saturated heterocycles. The summed E-state index contributed by atoms with van der Waals surface area (Å²) in [5.74, 6) is -0.0545. The number of aliphatic hydroxyl groups excluding tert-OH is 2. The maximum atomic E-state index is 10.8. The molecule has 0 aromatic heterocycles. The van der Waals surface area contributed by atoms with Crippen LogP contribution in [0.15, 0.2) is 0 Å². The van der Waals surface area contributed by atoms with Gasteiger partial charge in [-0.05, 0) is 34.1 Å².